The van der Waals surface area contributed by atoms with Crippen LogP contribution >= 0.6 is 22.6 Å². The molecule has 2 aromatic rings. The monoisotopic (exact) mass is 547 g/mol. The number of halogens is 1. The van der Waals surface area contributed by atoms with Gasteiger partial charge in [0.05, 0.1) is 12.1 Å². The zero-order chi connectivity index (χ0) is 22.5. The van der Waals surface area contributed by atoms with Crippen LogP contribution in [0.15, 0.2) is 24.3 Å². The highest BCUT2D eigenvalue weighted by atomic mass is 127. The van der Waals surface area contributed by atoms with Crippen LogP contribution < -0.4 is 15.5 Å². The number of fused-ring (bicyclic) bond motifs is 1. The SMILES string of the molecule is CN(C)c1nc(N[C@H]2CC[C@@H](CNC(=O)Cc3ccccc3I)CC2)nc2c1CCCC2. The van der Waals surface area contributed by atoms with Gasteiger partial charge in [-0.3, -0.25) is 4.79 Å². The molecule has 2 aliphatic carbocycles. The van der Waals surface area contributed by atoms with Gasteiger partial charge in [0.1, 0.15) is 5.82 Å². The highest BCUT2D eigenvalue weighted by molar-refractivity contribution is 14.1. The molecule has 1 fully saturated rings. The quantitative estimate of drug-likeness (QED) is 0.505. The molecule has 1 heterocycles. The highest BCUT2D eigenvalue weighted by Gasteiger charge is 2.24. The standard InChI is InChI=1S/C25H34IN5O/c1-31(2)24-20-8-4-6-10-22(20)29-25(30-24)28-19-13-11-17(12-14-19)16-27-23(32)15-18-7-3-5-9-21(18)26/h3,5,7,9,17,19H,4,6,8,10-16H2,1-2H3,(H,27,32)(H,28,29,30)/t17-,19+. The summed E-state index contributed by atoms with van der Waals surface area (Å²) in [6.07, 6.45) is 9.47. The number of amides is 1. The van der Waals surface area contributed by atoms with E-state index in [1.165, 1.54) is 24.1 Å². The summed E-state index contributed by atoms with van der Waals surface area (Å²) < 4.78 is 1.15. The molecule has 0 atom stereocenters. The Morgan fingerprint density at radius 1 is 1.09 bits per heavy atom. The summed E-state index contributed by atoms with van der Waals surface area (Å²) in [7, 11) is 4.14. The van der Waals surface area contributed by atoms with Crippen molar-refractivity contribution in [1.29, 1.82) is 0 Å². The molecule has 1 saturated carbocycles. The van der Waals surface area contributed by atoms with Crippen LogP contribution in [0.5, 0.6) is 0 Å². The van der Waals surface area contributed by atoms with Crippen LogP contribution in [-0.4, -0.2) is 42.6 Å². The van der Waals surface area contributed by atoms with Crippen molar-refractivity contribution >= 4 is 40.3 Å². The number of nitrogens with zero attached hydrogens (tertiary/aromatic N) is 3. The molecule has 7 heteroatoms. The number of benzene rings is 1. The third kappa shape index (κ3) is 5.91. The number of carbonyl (C=O) groups is 1. The van der Waals surface area contributed by atoms with E-state index in [-0.39, 0.29) is 5.91 Å². The van der Waals surface area contributed by atoms with E-state index in [0.717, 1.165) is 66.0 Å². The van der Waals surface area contributed by atoms with E-state index in [9.17, 15) is 4.79 Å². The van der Waals surface area contributed by atoms with Gasteiger partial charge in [-0.05, 0) is 91.5 Å². The second kappa shape index (κ2) is 10.8. The van der Waals surface area contributed by atoms with E-state index in [4.69, 9.17) is 9.97 Å². The molecular weight excluding hydrogens is 513 g/mol. The van der Waals surface area contributed by atoms with Gasteiger partial charge < -0.3 is 15.5 Å². The van der Waals surface area contributed by atoms with Gasteiger partial charge in [-0.25, -0.2) is 4.98 Å². The Labute approximate surface area is 205 Å². The molecule has 0 radical (unpaired) electrons. The minimum atomic E-state index is 0.119. The number of aromatic nitrogens is 2. The van der Waals surface area contributed by atoms with E-state index >= 15 is 0 Å². The summed E-state index contributed by atoms with van der Waals surface area (Å²) in [5, 5.41) is 6.77. The predicted octanol–water partition coefficient (Wildman–Crippen LogP) is 4.36. The second-order valence-corrected chi connectivity index (χ2v) is 10.5. The van der Waals surface area contributed by atoms with Crippen LogP contribution in [0.4, 0.5) is 11.8 Å². The lowest BCUT2D eigenvalue weighted by Crippen LogP contribution is -2.35. The first kappa shape index (κ1) is 23.3. The Balaban J connectivity index is 1.26. The van der Waals surface area contributed by atoms with Crippen molar-refractivity contribution in [2.75, 3.05) is 30.9 Å². The normalized spacial score (nSPS) is 20.3. The number of anilines is 2. The molecule has 1 aromatic carbocycles. The van der Waals surface area contributed by atoms with Crippen molar-refractivity contribution in [3.05, 3.63) is 44.7 Å². The van der Waals surface area contributed by atoms with Crippen molar-refractivity contribution in [2.45, 2.75) is 63.8 Å². The average Bonchev–Trinajstić information content (AvgIpc) is 2.79. The third-order valence-electron chi connectivity index (χ3n) is 6.66. The van der Waals surface area contributed by atoms with Crippen LogP contribution in [0.1, 0.15) is 55.3 Å². The minimum Gasteiger partial charge on any atom is -0.362 e. The number of carbonyl (C=O) groups excluding carboxylic acids is 1. The zero-order valence-corrected chi connectivity index (χ0v) is 21.3. The number of hydrogen-bond acceptors (Lipinski definition) is 5. The van der Waals surface area contributed by atoms with Gasteiger partial charge in [0.25, 0.3) is 0 Å². The number of nitrogens with one attached hydrogen (secondary N) is 2. The fourth-order valence-electron chi connectivity index (χ4n) is 4.84. The van der Waals surface area contributed by atoms with Gasteiger partial charge in [0.2, 0.25) is 11.9 Å². The van der Waals surface area contributed by atoms with Crippen molar-refractivity contribution in [1.82, 2.24) is 15.3 Å². The van der Waals surface area contributed by atoms with E-state index in [0.29, 0.717) is 18.4 Å². The maximum Gasteiger partial charge on any atom is 0.225 e. The maximum absolute atomic E-state index is 12.4. The van der Waals surface area contributed by atoms with Gasteiger partial charge in [0, 0.05) is 35.8 Å². The first-order valence-corrected chi connectivity index (χ1v) is 12.9. The molecular formula is C25H34IN5O. The summed E-state index contributed by atoms with van der Waals surface area (Å²) in [6, 6.07) is 8.48. The summed E-state index contributed by atoms with van der Waals surface area (Å²) in [4.78, 5) is 24.2. The van der Waals surface area contributed by atoms with Gasteiger partial charge in [0.15, 0.2) is 0 Å². The van der Waals surface area contributed by atoms with Crippen molar-refractivity contribution in [3.63, 3.8) is 0 Å². The molecule has 4 rings (SSSR count). The van der Waals surface area contributed by atoms with E-state index in [1.54, 1.807) is 0 Å². The molecule has 1 aromatic heterocycles. The summed E-state index contributed by atoms with van der Waals surface area (Å²) in [6.45, 7) is 0.773. The van der Waals surface area contributed by atoms with Crippen LogP contribution in [0.3, 0.4) is 0 Å². The Bertz CT molecular complexity index is 940. The molecule has 0 unspecified atom stereocenters. The van der Waals surface area contributed by atoms with Crippen LogP contribution in [0.25, 0.3) is 0 Å². The Kier molecular flexibility index (Phi) is 7.86. The molecule has 0 spiro atoms. The van der Waals surface area contributed by atoms with E-state index in [1.807, 2.05) is 24.3 Å². The van der Waals surface area contributed by atoms with Crippen LogP contribution in [0.2, 0.25) is 0 Å². The second-order valence-electron chi connectivity index (χ2n) is 9.33. The summed E-state index contributed by atoms with van der Waals surface area (Å²) in [5.74, 6) is 2.52. The molecule has 2 N–H and O–H groups in total. The Hall–Kier alpha value is -1.90. The first-order valence-electron chi connectivity index (χ1n) is 11.8. The fraction of sp³-hybridized carbons (Fsp3) is 0.560. The van der Waals surface area contributed by atoms with Crippen molar-refractivity contribution in [3.8, 4) is 0 Å². The minimum absolute atomic E-state index is 0.119. The van der Waals surface area contributed by atoms with Crippen LogP contribution in [-0.2, 0) is 24.1 Å². The van der Waals surface area contributed by atoms with E-state index in [2.05, 4.69) is 52.2 Å². The topological polar surface area (TPSA) is 70.2 Å². The lowest BCUT2D eigenvalue weighted by Gasteiger charge is -2.30. The smallest absolute Gasteiger partial charge is 0.225 e. The Morgan fingerprint density at radius 2 is 1.84 bits per heavy atom. The highest BCUT2D eigenvalue weighted by Crippen LogP contribution is 2.30. The number of rotatable bonds is 7. The fourth-order valence-corrected chi connectivity index (χ4v) is 5.42. The predicted molar refractivity (Wildman–Crippen MR) is 138 cm³/mol. The first-order chi connectivity index (χ1) is 15.5. The maximum atomic E-state index is 12.4. The summed E-state index contributed by atoms with van der Waals surface area (Å²) in [5.41, 5.74) is 3.65. The van der Waals surface area contributed by atoms with Gasteiger partial charge >= 0.3 is 0 Å². The molecule has 32 heavy (non-hydrogen) atoms. The molecule has 172 valence electrons. The molecule has 0 bridgehead atoms. The average molecular weight is 547 g/mol. The number of aryl methyl sites for hydroxylation is 1. The lowest BCUT2D eigenvalue weighted by molar-refractivity contribution is -0.120. The van der Waals surface area contributed by atoms with Gasteiger partial charge in [-0.1, -0.05) is 18.2 Å². The third-order valence-corrected chi connectivity index (χ3v) is 7.71. The molecule has 6 nitrogen and oxygen atoms in total. The largest absolute Gasteiger partial charge is 0.362 e. The molecule has 0 aliphatic heterocycles. The number of hydrogen-bond donors (Lipinski definition) is 2. The van der Waals surface area contributed by atoms with Crippen molar-refractivity contribution in [2.24, 2.45) is 5.92 Å². The van der Waals surface area contributed by atoms with E-state index < -0.39 is 0 Å². The van der Waals surface area contributed by atoms with Gasteiger partial charge in [-0.2, -0.15) is 4.98 Å². The molecule has 2 aliphatic rings. The lowest BCUT2D eigenvalue weighted by atomic mass is 9.86. The Morgan fingerprint density at radius 3 is 2.59 bits per heavy atom. The molecule has 1 amide bonds. The van der Waals surface area contributed by atoms with Crippen molar-refractivity contribution < 1.29 is 4.79 Å². The summed E-state index contributed by atoms with van der Waals surface area (Å²) >= 11 is 2.29. The van der Waals surface area contributed by atoms with Gasteiger partial charge in [-0.15, -0.1) is 0 Å². The molecule has 0 saturated heterocycles. The zero-order valence-electron chi connectivity index (χ0n) is 19.2. The van der Waals surface area contributed by atoms with Crippen LogP contribution in [0, 0.1) is 9.49 Å².